The van der Waals surface area contributed by atoms with Crippen molar-refractivity contribution in [2.24, 2.45) is 5.73 Å². The smallest absolute Gasteiger partial charge is 0.320 e. The average molecular weight is 205 g/mol. The first-order valence-electron chi connectivity index (χ1n) is 3.09. The van der Waals surface area contributed by atoms with Crippen molar-refractivity contribution in [3.8, 4) is 0 Å². The van der Waals surface area contributed by atoms with Crippen LogP contribution in [0.4, 0.5) is 0 Å². The van der Waals surface area contributed by atoms with Gasteiger partial charge in [-0.15, -0.1) is 22.8 Å². The first-order chi connectivity index (χ1) is 5.59. The van der Waals surface area contributed by atoms with Crippen LogP contribution in [0.2, 0.25) is 0 Å². The Labute approximate surface area is 78.0 Å². The van der Waals surface area contributed by atoms with Gasteiger partial charge in [-0.1, -0.05) is 11.3 Å². The van der Waals surface area contributed by atoms with Crippen LogP contribution < -0.4 is 5.73 Å². The standard InChI is InChI=1S/C5H7N3O2S2/c6-2(4(9)10)1-3-7-8-5(11)12-3/h2H,1,6H2,(H,8,11)(H,9,10). The third-order valence-electron chi connectivity index (χ3n) is 1.17. The molecule has 5 nitrogen and oxygen atoms in total. The quantitative estimate of drug-likeness (QED) is 0.594. The van der Waals surface area contributed by atoms with E-state index in [9.17, 15) is 4.79 Å². The molecule has 0 bridgehead atoms. The Morgan fingerprint density at radius 2 is 2.42 bits per heavy atom. The molecule has 3 N–H and O–H groups in total. The molecule has 0 aliphatic rings. The van der Waals surface area contributed by atoms with Gasteiger partial charge in [-0.3, -0.25) is 4.79 Å². The fourth-order valence-electron chi connectivity index (χ4n) is 0.603. The second-order valence-electron chi connectivity index (χ2n) is 2.13. The number of rotatable bonds is 3. The van der Waals surface area contributed by atoms with E-state index in [0.717, 1.165) is 0 Å². The Morgan fingerprint density at radius 3 is 2.83 bits per heavy atom. The largest absolute Gasteiger partial charge is 0.480 e. The summed E-state index contributed by atoms with van der Waals surface area (Å²) in [4.78, 5) is 10.3. The summed E-state index contributed by atoms with van der Waals surface area (Å²) in [5, 5.41) is 16.4. The Kier molecular flexibility index (Phi) is 3.01. The SMILES string of the molecule is NC(Cc1nnc(S)s1)C(=O)O. The van der Waals surface area contributed by atoms with Gasteiger partial charge in [-0.2, -0.15) is 0 Å². The van der Waals surface area contributed by atoms with Crippen LogP contribution in [0.5, 0.6) is 0 Å². The third kappa shape index (κ3) is 2.43. The van der Waals surface area contributed by atoms with E-state index in [1.807, 2.05) is 0 Å². The molecule has 0 radical (unpaired) electrons. The Morgan fingerprint density at radius 1 is 1.75 bits per heavy atom. The Bertz CT molecular complexity index is 288. The van der Waals surface area contributed by atoms with E-state index in [2.05, 4.69) is 22.8 Å². The van der Waals surface area contributed by atoms with Crippen LogP contribution in [0, 0.1) is 0 Å². The van der Waals surface area contributed by atoms with Gasteiger partial charge < -0.3 is 10.8 Å². The summed E-state index contributed by atoms with van der Waals surface area (Å²) >= 11 is 5.17. The summed E-state index contributed by atoms with van der Waals surface area (Å²) in [6, 6.07) is -0.911. The van der Waals surface area contributed by atoms with Crippen molar-refractivity contribution >= 4 is 29.9 Å². The lowest BCUT2D eigenvalue weighted by Gasteiger charge is -2.00. The molecule has 1 atom stereocenters. The topological polar surface area (TPSA) is 89.1 Å². The van der Waals surface area contributed by atoms with Crippen molar-refractivity contribution in [1.29, 1.82) is 0 Å². The van der Waals surface area contributed by atoms with Crippen LogP contribution in [0.3, 0.4) is 0 Å². The van der Waals surface area contributed by atoms with E-state index >= 15 is 0 Å². The molecule has 1 aromatic heterocycles. The van der Waals surface area contributed by atoms with Gasteiger partial charge in [0.25, 0.3) is 0 Å². The molecule has 1 aromatic rings. The van der Waals surface area contributed by atoms with Gasteiger partial charge in [0.2, 0.25) is 0 Å². The van der Waals surface area contributed by atoms with Gasteiger partial charge in [0.15, 0.2) is 4.34 Å². The summed E-state index contributed by atoms with van der Waals surface area (Å²) in [6.45, 7) is 0. The zero-order chi connectivity index (χ0) is 9.14. The normalized spacial score (nSPS) is 12.8. The van der Waals surface area contributed by atoms with E-state index in [0.29, 0.717) is 9.35 Å². The van der Waals surface area contributed by atoms with Crippen molar-refractivity contribution < 1.29 is 9.90 Å². The van der Waals surface area contributed by atoms with E-state index in [4.69, 9.17) is 10.8 Å². The number of nitrogens with zero attached hydrogens (tertiary/aromatic N) is 2. The predicted octanol–water partition coefficient (Wildman–Crippen LogP) is -0.219. The van der Waals surface area contributed by atoms with Crippen LogP contribution in [-0.4, -0.2) is 27.3 Å². The summed E-state index contributed by atoms with van der Waals surface area (Å²) in [5.41, 5.74) is 5.27. The molecule has 0 amide bonds. The molecule has 0 aromatic carbocycles. The number of nitrogens with two attached hydrogens (primary N) is 1. The van der Waals surface area contributed by atoms with Gasteiger partial charge in [0.1, 0.15) is 11.0 Å². The van der Waals surface area contributed by atoms with E-state index in [1.165, 1.54) is 11.3 Å². The highest BCUT2D eigenvalue weighted by atomic mass is 32.2. The molecule has 1 heterocycles. The molecule has 1 unspecified atom stereocenters. The lowest BCUT2D eigenvalue weighted by Crippen LogP contribution is -2.32. The third-order valence-corrected chi connectivity index (χ3v) is 2.28. The van der Waals surface area contributed by atoms with Crippen LogP contribution in [0.25, 0.3) is 0 Å². The summed E-state index contributed by atoms with van der Waals surface area (Å²) < 4.78 is 0.516. The van der Waals surface area contributed by atoms with Gasteiger partial charge >= 0.3 is 5.97 Å². The van der Waals surface area contributed by atoms with Gasteiger partial charge in [-0.25, -0.2) is 0 Å². The maximum atomic E-state index is 10.3. The minimum atomic E-state index is -1.04. The molecular formula is C5H7N3O2S2. The highest BCUT2D eigenvalue weighted by Gasteiger charge is 2.14. The fourth-order valence-corrected chi connectivity index (χ4v) is 1.60. The molecule has 0 aliphatic heterocycles. The highest BCUT2D eigenvalue weighted by molar-refractivity contribution is 7.82. The molecule has 1 rings (SSSR count). The van der Waals surface area contributed by atoms with Crippen molar-refractivity contribution in [3.63, 3.8) is 0 Å². The lowest BCUT2D eigenvalue weighted by atomic mass is 10.2. The summed E-state index contributed by atoms with van der Waals surface area (Å²) in [6.07, 6.45) is 0.202. The van der Waals surface area contributed by atoms with Gasteiger partial charge in [0, 0.05) is 6.42 Å². The second-order valence-corrected chi connectivity index (χ2v) is 3.92. The maximum Gasteiger partial charge on any atom is 0.320 e. The molecule has 0 saturated carbocycles. The summed E-state index contributed by atoms with van der Waals surface area (Å²) in [7, 11) is 0. The Balaban J connectivity index is 2.58. The number of carboxylic acids is 1. The molecule has 0 aliphatic carbocycles. The molecule has 12 heavy (non-hydrogen) atoms. The van der Waals surface area contributed by atoms with Crippen LogP contribution >= 0.6 is 24.0 Å². The summed E-state index contributed by atoms with van der Waals surface area (Å²) in [5.74, 6) is -1.04. The second kappa shape index (κ2) is 3.83. The zero-order valence-electron chi connectivity index (χ0n) is 5.97. The van der Waals surface area contributed by atoms with Gasteiger partial charge in [0.05, 0.1) is 0 Å². The number of thiol groups is 1. The number of carboxylic acid groups (broad SMARTS) is 1. The molecule has 0 saturated heterocycles. The van der Waals surface area contributed by atoms with E-state index < -0.39 is 12.0 Å². The fraction of sp³-hybridized carbons (Fsp3) is 0.400. The number of hydrogen-bond donors (Lipinski definition) is 3. The molecular weight excluding hydrogens is 198 g/mol. The minimum absolute atomic E-state index is 0.202. The van der Waals surface area contributed by atoms with Crippen LogP contribution in [-0.2, 0) is 11.2 Å². The van der Waals surface area contributed by atoms with Crippen LogP contribution in [0.1, 0.15) is 5.01 Å². The van der Waals surface area contributed by atoms with E-state index in [-0.39, 0.29) is 6.42 Å². The van der Waals surface area contributed by atoms with Crippen molar-refractivity contribution in [2.75, 3.05) is 0 Å². The Hall–Kier alpha value is -0.660. The van der Waals surface area contributed by atoms with Crippen LogP contribution in [0.15, 0.2) is 4.34 Å². The number of hydrogen-bond acceptors (Lipinski definition) is 6. The number of aliphatic carboxylic acids is 1. The molecule has 7 heteroatoms. The average Bonchev–Trinajstić information content (AvgIpc) is 2.35. The highest BCUT2D eigenvalue weighted by Crippen LogP contribution is 2.13. The van der Waals surface area contributed by atoms with Gasteiger partial charge in [-0.05, 0) is 0 Å². The van der Waals surface area contributed by atoms with Crippen molar-refractivity contribution in [1.82, 2.24) is 10.2 Å². The first kappa shape index (κ1) is 9.43. The monoisotopic (exact) mass is 205 g/mol. The zero-order valence-corrected chi connectivity index (χ0v) is 7.68. The number of carbonyl (C=O) groups is 1. The predicted molar refractivity (Wildman–Crippen MR) is 46.5 cm³/mol. The molecule has 66 valence electrons. The maximum absolute atomic E-state index is 10.3. The first-order valence-corrected chi connectivity index (χ1v) is 4.35. The molecule has 0 spiro atoms. The number of aromatic nitrogens is 2. The van der Waals surface area contributed by atoms with Crippen molar-refractivity contribution in [3.05, 3.63) is 5.01 Å². The molecule has 0 fully saturated rings. The minimum Gasteiger partial charge on any atom is -0.480 e. The van der Waals surface area contributed by atoms with Crippen molar-refractivity contribution in [2.45, 2.75) is 16.8 Å². The lowest BCUT2D eigenvalue weighted by molar-refractivity contribution is -0.138. The van der Waals surface area contributed by atoms with E-state index in [1.54, 1.807) is 0 Å².